The van der Waals surface area contributed by atoms with E-state index < -0.39 is 28.0 Å². The van der Waals surface area contributed by atoms with Gasteiger partial charge >= 0.3 is 5.97 Å². The summed E-state index contributed by atoms with van der Waals surface area (Å²) in [7, 11) is -1.98. The van der Waals surface area contributed by atoms with E-state index in [0.717, 1.165) is 0 Å². The molecular formula is C16H25NO5S. The summed E-state index contributed by atoms with van der Waals surface area (Å²) in [4.78, 5) is 11.3. The van der Waals surface area contributed by atoms with Crippen LogP contribution in [0.3, 0.4) is 0 Å². The first-order chi connectivity index (χ1) is 10.7. The molecule has 23 heavy (non-hydrogen) atoms. The third-order valence-corrected chi connectivity index (χ3v) is 5.57. The summed E-state index contributed by atoms with van der Waals surface area (Å²) < 4.78 is 25.9. The number of hydrogen-bond donors (Lipinski definition) is 2. The summed E-state index contributed by atoms with van der Waals surface area (Å²) >= 11 is 0. The van der Waals surface area contributed by atoms with E-state index in [-0.39, 0.29) is 11.3 Å². The molecule has 1 rings (SSSR count). The second-order valence-corrected chi connectivity index (χ2v) is 7.80. The summed E-state index contributed by atoms with van der Waals surface area (Å²) in [5.41, 5.74) is 0. The lowest BCUT2D eigenvalue weighted by Crippen LogP contribution is -2.28. The predicted molar refractivity (Wildman–Crippen MR) is 87.5 cm³/mol. The summed E-state index contributed by atoms with van der Waals surface area (Å²) in [5.74, 6) is -1.51. The lowest BCUT2D eigenvalue weighted by molar-refractivity contribution is -0.143. The van der Waals surface area contributed by atoms with Crippen LogP contribution in [-0.4, -0.2) is 48.6 Å². The number of aliphatic hydroxyl groups excluding tert-OH is 1. The van der Waals surface area contributed by atoms with Gasteiger partial charge in [0.05, 0.1) is 16.9 Å². The molecular weight excluding hydrogens is 318 g/mol. The number of benzene rings is 1. The largest absolute Gasteiger partial charge is 0.481 e. The number of sulfonamides is 1. The van der Waals surface area contributed by atoms with Crippen LogP contribution in [0, 0.1) is 5.92 Å². The average molecular weight is 343 g/mol. The number of nitrogens with zero attached hydrogens (tertiary/aromatic N) is 1. The first-order valence-corrected chi connectivity index (χ1v) is 9.11. The van der Waals surface area contributed by atoms with E-state index in [1.165, 1.54) is 11.4 Å². The minimum atomic E-state index is -3.50. The van der Waals surface area contributed by atoms with Crippen molar-refractivity contribution < 1.29 is 23.4 Å². The minimum Gasteiger partial charge on any atom is -0.481 e. The third kappa shape index (κ3) is 6.29. The molecule has 6 nitrogen and oxygen atoms in total. The molecule has 0 saturated heterocycles. The van der Waals surface area contributed by atoms with Crippen LogP contribution in [0.15, 0.2) is 35.2 Å². The van der Waals surface area contributed by atoms with Gasteiger partial charge in [-0.25, -0.2) is 12.7 Å². The Hall–Kier alpha value is -1.44. The topological polar surface area (TPSA) is 94.9 Å². The lowest BCUT2D eigenvalue weighted by Gasteiger charge is -2.18. The van der Waals surface area contributed by atoms with Crippen molar-refractivity contribution in [3.63, 3.8) is 0 Å². The van der Waals surface area contributed by atoms with Crippen LogP contribution in [0.25, 0.3) is 0 Å². The number of aliphatic hydroxyl groups is 1. The Morgan fingerprint density at radius 3 is 2.35 bits per heavy atom. The Balaban J connectivity index is 2.47. The number of unbranched alkanes of at least 4 members (excludes halogenated alkanes) is 1. The summed E-state index contributed by atoms with van der Waals surface area (Å²) in [5, 5.41) is 18.4. The van der Waals surface area contributed by atoms with Gasteiger partial charge in [-0.2, -0.15) is 0 Å². The average Bonchev–Trinajstić information content (AvgIpc) is 2.50. The van der Waals surface area contributed by atoms with Crippen molar-refractivity contribution in [3.8, 4) is 0 Å². The highest BCUT2D eigenvalue weighted by atomic mass is 32.2. The molecule has 0 aliphatic heterocycles. The number of carboxylic acids is 1. The fourth-order valence-corrected chi connectivity index (χ4v) is 3.60. The van der Waals surface area contributed by atoms with Crippen LogP contribution in [0.4, 0.5) is 0 Å². The van der Waals surface area contributed by atoms with Gasteiger partial charge in [0.25, 0.3) is 0 Å². The number of aliphatic carboxylic acids is 1. The molecule has 0 aliphatic rings. The van der Waals surface area contributed by atoms with Crippen molar-refractivity contribution in [2.45, 2.75) is 43.6 Å². The molecule has 0 saturated carbocycles. The molecule has 0 spiro atoms. The summed E-state index contributed by atoms with van der Waals surface area (Å²) in [6, 6.07) is 8.21. The number of carbonyl (C=O) groups is 1. The highest BCUT2D eigenvalue weighted by molar-refractivity contribution is 7.89. The number of rotatable bonds is 10. The smallest absolute Gasteiger partial charge is 0.306 e. The second-order valence-electron chi connectivity index (χ2n) is 5.76. The molecule has 0 amide bonds. The Labute approximate surface area is 137 Å². The summed E-state index contributed by atoms with van der Waals surface area (Å²) in [6.07, 6.45) is 1.16. The SMILES string of the molecule is CC(O)C[C@H](CCCCN(C)S(=O)(=O)c1ccccc1)C(=O)O. The maximum atomic E-state index is 12.3. The van der Waals surface area contributed by atoms with Crippen molar-refractivity contribution in [2.24, 2.45) is 5.92 Å². The van der Waals surface area contributed by atoms with Crippen molar-refractivity contribution in [1.82, 2.24) is 4.31 Å². The Bertz CT molecular complexity index is 586. The van der Waals surface area contributed by atoms with Gasteiger partial charge in [0.2, 0.25) is 10.0 Å². The van der Waals surface area contributed by atoms with Crippen molar-refractivity contribution in [2.75, 3.05) is 13.6 Å². The van der Waals surface area contributed by atoms with Crippen molar-refractivity contribution in [1.29, 1.82) is 0 Å². The molecule has 1 unspecified atom stereocenters. The van der Waals surface area contributed by atoms with Gasteiger partial charge in [0, 0.05) is 13.6 Å². The Kier molecular flexibility index (Phi) is 7.67. The maximum absolute atomic E-state index is 12.3. The standard InChI is InChI=1S/C16H25NO5S/c1-13(18)12-14(16(19)20)8-6-7-11-17(2)23(21,22)15-9-4-3-5-10-15/h3-5,9-10,13-14,18H,6-8,11-12H2,1-2H3,(H,19,20)/t13?,14-/m0/s1. The van der Waals surface area contributed by atoms with Gasteiger partial charge < -0.3 is 10.2 Å². The quantitative estimate of drug-likeness (QED) is 0.633. The second kappa shape index (κ2) is 9.00. The van der Waals surface area contributed by atoms with Crippen LogP contribution >= 0.6 is 0 Å². The normalized spacial score (nSPS) is 14.6. The number of hydrogen-bond acceptors (Lipinski definition) is 4. The van der Waals surface area contributed by atoms with Crippen LogP contribution < -0.4 is 0 Å². The highest BCUT2D eigenvalue weighted by Crippen LogP contribution is 2.17. The zero-order chi connectivity index (χ0) is 17.5. The number of carboxylic acid groups (broad SMARTS) is 1. The van der Waals surface area contributed by atoms with E-state index in [1.54, 1.807) is 37.3 Å². The van der Waals surface area contributed by atoms with Gasteiger partial charge in [-0.3, -0.25) is 4.79 Å². The van der Waals surface area contributed by atoms with E-state index in [1.807, 2.05) is 0 Å². The Morgan fingerprint density at radius 1 is 1.22 bits per heavy atom. The van der Waals surface area contributed by atoms with Crippen LogP contribution in [0.1, 0.15) is 32.6 Å². The molecule has 0 radical (unpaired) electrons. The van der Waals surface area contributed by atoms with Crippen LogP contribution in [0.5, 0.6) is 0 Å². The molecule has 1 aromatic carbocycles. The Morgan fingerprint density at radius 2 is 1.83 bits per heavy atom. The lowest BCUT2D eigenvalue weighted by atomic mass is 9.96. The van der Waals surface area contributed by atoms with E-state index in [9.17, 15) is 18.3 Å². The first kappa shape index (κ1) is 19.6. The molecule has 1 aromatic rings. The monoisotopic (exact) mass is 343 g/mol. The van der Waals surface area contributed by atoms with Crippen molar-refractivity contribution >= 4 is 16.0 Å². The molecule has 0 bridgehead atoms. The summed E-state index contributed by atoms with van der Waals surface area (Å²) in [6.45, 7) is 1.90. The van der Waals surface area contributed by atoms with E-state index in [2.05, 4.69) is 0 Å². The highest BCUT2D eigenvalue weighted by Gasteiger charge is 2.21. The molecule has 2 atom stereocenters. The molecule has 0 aliphatic carbocycles. The molecule has 7 heteroatoms. The van der Waals surface area contributed by atoms with Gasteiger partial charge in [0.15, 0.2) is 0 Å². The zero-order valence-corrected chi connectivity index (χ0v) is 14.4. The zero-order valence-electron chi connectivity index (χ0n) is 13.6. The van der Waals surface area contributed by atoms with E-state index in [0.29, 0.717) is 25.8 Å². The maximum Gasteiger partial charge on any atom is 0.306 e. The van der Waals surface area contributed by atoms with Crippen molar-refractivity contribution in [3.05, 3.63) is 30.3 Å². The third-order valence-electron chi connectivity index (χ3n) is 3.70. The van der Waals surface area contributed by atoms with Crippen LogP contribution in [0.2, 0.25) is 0 Å². The van der Waals surface area contributed by atoms with E-state index >= 15 is 0 Å². The first-order valence-electron chi connectivity index (χ1n) is 7.67. The molecule has 0 aromatic heterocycles. The van der Waals surface area contributed by atoms with Crippen LogP contribution in [-0.2, 0) is 14.8 Å². The molecule has 0 fully saturated rings. The minimum absolute atomic E-state index is 0.216. The van der Waals surface area contributed by atoms with Gasteiger partial charge in [-0.1, -0.05) is 24.6 Å². The van der Waals surface area contributed by atoms with Gasteiger partial charge in [0.1, 0.15) is 0 Å². The fourth-order valence-electron chi connectivity index (χ4n) is 2.37. The molecule has 0 heterocycles. The van der Waals surface area contributed by atoms with Gasteiger partial charge in [-0.05, 0) is 38.3 Å². The molecule has 130 valence electrons. The predicted octanol–water partition coefficient (Wildman–Crippen LogP) is 1.95. The molecule has 2 N–H and O–H groups in total. The fraction of sp³-hybridized carbons (Fsp3) is 0.562. The van der Waals surface area contributed by atoms with Gasteiger partial charge in [-0.15, -0.1) is 0 Å². The van der Waals surface area contributed by atoms with E-state index in [4.69, 9.17) is 5.11 Å².